The molecule has 3 rings (SSSR count). The number of aliphatic hydroxyl groups is 1. The van der Waals surface area contributed by atoms with Crippen LogP contribution >= 0.6 is 0 Å². The average molecular weight is 440 g/mol. The molecule has 7 nitrogen and oxygen atoms in total. The molecular formula is C25H37N5O2. The lowest BCUT2D eigenvalue weighted by Crippen LogP contribution is -2.37. The molecule has 1 aromatic heterocycles. The summed E-state index contributed by atoms with van der Waals surface area (Å²) in [6.45, 7) is 16.2. The Hall–Kier alpha value is -2.64. The fourth-order valence-corrected chi connectivity index (χ4v) is 3.87. The van der Waals surface area contributed by atoms with Crippen molar-refractivity contribution in [3.05, 3.63) is 58.4 Å². The number of aliphatic hydroxyl groups excluding tert-OH is 1. The molecule has 174 valence electrons. The Morgan fingerprint density at radius 2 is 1.91 bits per heavy atom. The molecule has 0 unspecified atom stereocenters. The van der Waals surface area contributed by atoms with Gasteiger partial charge in [-0.2, -0.15) is 0 Å². The minimum absolute atomic E-state index is 0.101. The van der Waals surface area contributed by atoms with Gasteiger partial charge in [-0.15, -0.1) is 0 Å². The second-order valence-electron chi connectivity index (χ2n) is 9.64. The zero-order valence-electron chi connectivity index (χ0n) is 19.8. The van der Waals surface area contributed by atoms with Crippen LogP contribution in [0.15, 0.2) is 46.7 Å². The van der Waals surface area contributed by atoms with E-state index in [1.54, 1.807) is 4.68 Å². The van der Waals surface area contributed by atoms with Gasteiger partial charge < -0.3 is 15.3 Å². The third-order valence-electron chi connectivity index (χ3n) is 5.97. The highest BCUT2D eigenvalue weighted by atomic mass is 16.3. The van der Waals surface area contributed by atoms with E-state index in [4.69, 9.17) is 0 Å². The van der Waals surface area contributed by atoms with E-state index in [0.29, 0.717) is 11.6 Å². The first kappa shape index (κ1) is 24.0. The molecular weight excluding hydrogens is 402 g/mol. The Morgan fingerprint density at radius 1 is 1.25 bits per heavy atom. The molecule has 1 saturated heterocycles. The Labute approximate surface area is 190 Å². The minimum Gasteiger partial charge on any atom is -0.393 e. The number of benzene rings is 1. The summed E-state index contributed by atoms with van der Waals surface area (Å²) in [7, 11) is 0. The number of aliphatic imine (C=N–C) groups is 1. The van der Waals surface area contributed by atoms with E-state index in [2.05, 4.69) is 71.9 Å². The molecule has 3 N–H and O–H groups in total. The Kier molecular flexibility index (Phi) is 7.74. The quantitative estimate of drug-likeness (QED) is 0.434. The smallest absolute Gasteiger partial charge is 0.266 e. The van der Waals surface area contributed by atoms with Crippen LogP contribution in [0.25, 0.3) is 5.82 Å². The van der Waals surface area contributed by atoms with E-state index in [-0.39, 0.29) is 17.1 Å². The van der Waals surface area contributed by atoms with E-state index < -0.39 is 0 Å². The van der Waals surface area contributed by atoms with Crippen molar-refractivity contribution in [3.8, 4) is 0 Å². The number of aromatic amines is 1. The van der Waals surface area contributed by atoms with E-state index in [9.17, 15) is 9.90 Å². The lowest BCUT2D eigenvalue weighted by atomic mass is 9.86. The molecule has 0 saturated carbocycles. The van der Waals surface area contributed by atoms with Crippen LogP contribution in [0.5, 0.6) is 0 Å². The largest absolute Gasteiger partial charge is 0.393 e. The number of rotatable bonds is 8. The van der Waals surface area contributed by atoms with Gasteiger partial charge >= 0.3 is 0 Å². The second kappa shape index (κ2) is 10.3. The Morgan fingerprint density at radius 3 is 2.53 bits per heavy atom. The van der Waals surface area contributed by atoms with Crippen LogP contribution in [0.2, 0.25) is 0 Å². The summed E-state index contributed by atoms with van der Waals surface area (Å²) in [4.78, 5) is 19.1. The zero-order valence-corrected chi connectivity index (χ0v) is 19.8. The lowest BCUT2D eigenvalue weighted by Gasteiger charge is -2.29. The van der Waals surface area contributed by atoms with Crippen molar-refractivity contribution in [2.75, 3.05) is 26.2 Å². The molecule has 0 bridgehead atoms. The van der Waals surface area contributed by atoms with Gasteiger partial charge in [0, 0.05) is 31.4 Å². The van der Waals surface area contributed by atoms with Gasteiger partial charge in [0.15, 0.2) is 5.82 Å². The first-order valence-corrected chi connectivity index (χ1v) is 11.5. The maximum absolute atomic E-state index is 12.0. The molecule has 0 spiro atoms. The number of aromatic nitrogens is 2. The van der Waals surface area contributed by atoms with Crippen molar-refractivity contribution in [3.63, 3.8) is 0 Å². The minimum atomic E-state index is -0.213. The van der Waals surface area contributed by atoms with Crippen LogP contribution in [0.3, 0.4) is 0 Å². The van der Waals surface area contributed by atoms with Crippen LogP contribution in [-0.4, -0.2) is 57.8 Å². The number of piperidine rings is 1. The predicted octanol–water partition coefficient (Wildman–Crippen LogP) is 3.48. The molecule has 2 heterocycles. The lowest BCUT2D eigenvalue weighted by molar-refractivity contribution is 0.0822. The summed E-state index contributed by atoms with van der Waals surface area (Å²) in [6, 6.07) is 9.88. The zero-order chi connectivity index (χ0) is 23.3. The van der Waals surface area contributed by atoms with E-state index in [1.165, 1.54) is 11.6 Å². The molecule has 0 atom stereocenters. The monoisotopic (exact) mass is 439 g/mol. The van der Waals surface area contributed by atoms with Crippen LogP contribution in [0.4, 0.5) is 5.82 Å². The van der Waals surface area contributed by atoms with Crippen LogP contribution in [-0.2, 0) is 5.41 Å². The van der Waals surface area contributed by atoms with Crippen molar-refractivity contribution in [2.24, 2.45) is 4.99 Å². The normalized spacial score (nSPS) is 16.3. The number of likely N-dealkylation sites (tertiary alicyclic amines) is 1. The summed E-state index contributed by atoms with van der Waals surface area (Å²) in [6.07, 6.45) is 2.52. The van der Waals surface area contributed by atoms with Gasteiger partial charge in [0.1, 0.15) is 5.82 Å². The fourth-order valence-electron chi connectivity index (χ4n) is 3.87. The number of nitrogens with one attached hydrogen (secondary N) is 2. The van der Waals surface area contributed by atoms with Crippen molar-refractivity contribution in [1.29, 1.82) is 0 Å². The van der Waals surface area contributed by atoms with Gasteiger partial charge in [0.05, 0.1) is 6.10 Å². The van der Waals surface area contributed by atoms with Gasteiger partial charge in [-0.05, 0) is 49.3 Å². The number of nitrogens with zero attached hydrogens (tertiary/aromatic N) is 3. The predicted molar refractivity (Wildman–Crippen MR) is 132 cm³/mol. The third kappa shape index (κ3) is 6.43. The van der Waals surface area contributed by atoms with Crippen molar-refractivity contribution in [1.82, 2.24) is 20.0 Å². The van der Waals surface area contributed by atoms with E-state index in [1.807, 2.05) is 6.92 Å². The average Bonchev–Trinajstić information content (AvgIpc) is 3.12. The summed E-state index contributed by atoms with van der Waals surface area (Å²) in [5.74, 6) is 1.12. The van der Waals surface area contributed by atoms with Gasteiger partial charge in [0.25, 0.3) is 5.56 Å². The van der Waals surface area contributed by atoms with Gasteiger partial charge in [-0.25, -0.2) is 9.67 Å². The highest BCUT2D eigenvalue weighted by Gasteiger charge is 2.16. The molecule has 32 heavy (non-hydrogen) atoms. The number of hydrogen-bond acceptors (Lipinski definition) is 5. The van der Waals surface area contributed by atoms with Crippen LogP contribution in [0.1, 0.15) is 58.1 Å². The molecule has 2 aromatic rings. The topological polar surface area (TPSA) is 85.6 Å². The molecule has 0 radical (unpaired) electrons. The highest BCUT2D eigenvalue weighted by Crippen LogP contribution is 2.23. The van der Waals surface area contributed by atoms with Gasteiger partial charge in [-0.1, -0.05) is 51.6 Å². The second-order valence-corrected chi connectivity index (χ2v) is 9.64. The molecule has 7 heteroatoms. The Bertz CT molecular complexity index is 987. The molecule has 0 aliphatic carbocycles. The van der Waals surface area contributed by atoms with Gasteiger partial charge in [-0.3, -0.25) is 9.89 Å². The van der Waals surface area contributed by atoms with Crippen LogP contribution in [0, 0.1) is 0 Å². The molecule has 1 fully saturated rings. The molecule has 1 aromatic carbocycles. The highest BCUT2D eigenvalue weighted by molar-refractivity contribution is 6.00. The van der Waals surface area contributed by atoms with Crippen molar-refractivity contribution >= 4 is 17.4 Å². The van der Waals surface area contributed by atoms with Crippen LogP contribution < -0.4 is 10.9 Å². The maximum atomic E-state index is 12.0. The molecule has 1 aliphatic heterocycles. The van der Waals surface area contributed by atoms with Crippen molar-refractivity contribution in [2.45, 2.75) is 58.5 Å². The van der Waals surface area contributed by atoms with E-state index >= 15 is 0 Å². The maximum Gasteiger partial charge on any atom is 0.266 e. The van der Waals surface area contributed by atoms with Gasteiger partial charge in [0.2, 0.25) is 0 Å². The van der Waals surface area contributed by atoms with E-state index in [0.717, 1.165) is 56.7 Å². The fraction of sp³-hybridized carbons (Fsp3) is 0.520. The SMILES string of the molecule is C=C(NCCCN1CCC(O)CC1)n1[nH]c(=O)cc1/N=C(\C)c1ccc(C(C)(C)C)cc1. The number of H-pyrrole nitrogens is 1. The Balaban J connectivity index is 1.60. The first-order chi connectivity index (χ1) is 15.1. The standard InChI is InChI=1S/C25H37N5O2/c1-18(20-7-9-21(10-8-20)25(3,4)5)27-23-17-24(32)28-30(23)19(2)26-13-6-14-29-15-11-22(31)12-16-29/h7-10,17,22,26,31H,2,6,11-16H2,1,3-5H3,(H,28,32)/b27-18+. The summed E-state index contributed by atoms with van der Waals surface area (Å²) in [5, 5.41) is 15.7. The van der Waals surface area contributed by atoms with Crippen molar-refractivity contribution < 1.29 is 5.11 Å². The molecule has 1 aliphatic rings. The first-order valence-electron chi connectivity index (χ1n) is 11.5. The summed E-state index contributed by atoms with van der Waals surface area (Å²) < 4.78 is 1.60. The molecule has 0 amide bonds. The number of hydrogen-bond donors (Lipinski definition) is 3. The summed E-state index contributed by atoms with van der Waals surface area (Å²) >= 11 is 0. The summed E-state index contributed by atoms with van der Waals surface area (Å²) in [5.41, 5.74) is 3.01. The third-order valence-corrected chi connectivity index (χ3v) is 5.97.